The van der Waals surface area contributed by atoms with E-state index >= 15 is 0 Å². The third-order valence-electron chi connectivity index (χ3n) is 2.87. The van der Waals surface area contributed by atoms with Gasteiger partial charge in [0.05, 0.1) is 4.92 Å². The summed E-state index contributed by atoms with van der Waals surface area (Å²) in [5.41, 5.74) is 7.79. The van der Waals surface area contributed by atoms with Gasteiger partial charge in [-0.15, -0.1) is 0 Å². The minimum absolute atomic E-state index is 0.182. The van der Waals surface area contributed by atoms with Crippen LogP contribution in [-0.4, -0.2) is 10.5 Å². The molecule has 4 nitrogen and oxygen atoms in total. The van der Waals surface area contributed by atoms with Gasteiger partial charge >= 0.3 is 0 Å². The number of nitrogens with zero attached hydrogens (tertiary/aromatic N) is 1. The van der Waals surface area contributed by atoms with Gasteiger partial charge in [-0.3, -0.25) is 10.1 Å². The van der Waals surface area contributed by atoms with Crippen molar-refractivity contribution < 1.29 is 4.92 Å². The van der Waals surface area contributed by atoms with Crippen molar-refractivity contribution in [2.24, 2.45) is 5.73 Å². The number of rotatable bonds is 3. The molecule has 1 fully saturated rings. The normalized spacial score (nSPS) is 17.5. The molecule has 0 heterocycles. The minimum Gasteiger partial charge on any atom is -0.325 e. The average Bonchev–Trinajstić information content (AvgIpc) is 2.82. The number of nitrogens with two attached hydrogens (primary N) is 1. The lowest BCUT2D eigenvalue weighted by atomic mass is 10.0. The average molecular weight is 206 g/mol. The smallest absolute Gasteiger partial charge is 0.272 e. The van der Waals surface area contributed by atoms with Crippen molar-refractivity contribution >= 4 is 5.69 Å². The highest BCUT2D eigenvalue weighted by Gasteiger charge is 2.39. The Hall–Kier alpha value is -1.42. The van der Waals surface area contributed by atoms with Crippen LogP contribution in [0.4, 0.5) is 5.69 Å². The molecule has 0 atom stereocenters. The summed E-state index contributed by atoms with van der Waals surface area (Å²) in [6.07, 6.45) is 2.56. The van der Waals surface area contributed by atoms with Gasteiger partial charge in [0.15, 0.2) is 0 Å². The van der Waals surface area contributed by atoms with Gasteiger partial charge in [0.2, 0.25) is 0 Å². The van der Waals surface area contributed by atoms with Gasteiger partial charge in [0.25, 0.3) is 5.69 Å². The van der Waals surface area contributed by atoms with Crippen LogP contribution in [0.5, 0.6) is 0 Å². The van der Waals surface area contributed by atoms with Crippen molar-refractivity contribution in [2.45, 2.75) is 31.7 Å². The third kappa shape index (κ3) is 2.15. The van der Waals surface area contributed by atoms with Crippen LogP contribution in [0.2, 0.25) is 0 Å². The summed E-state index contributed by atoms with van der Waals surface area (Å²) in [4.78, 5) is 10.5. The molecule has 0 aromatic heterocycles. The maximum atomic E-state index is 10.8. The highest BCUT2D eigenvalue weighted by atomic mass is 16.6. The molecule has 1 aromatic carbocycles. The topological polar surface area (TPSA) is 69.2 Å². The van der Waals surface area contributed by atoms with E-state index in [1.165, 1.54) is 0 Å². The maximum Gasteiger partial charge on any atom is 0.272 e. The van der Waals surface area contributed by atoms with E-state index in [4.69, 9.17) is 5.73 Å². The number of benzene rings is 1. The van der Waals surface area contributed by atoms with E-state index in [2.05, 4.69) is 0 Å². The zero-order valence-corrected chi connectivity index (χ0v) is 8.69. The van der Waals surface area contributed by atoms with E-state index < -0.39 is 0 Å². The lowest BCUT2D eigenvalue weighted by molar-refractivity contribution is -0.385. The fourth-order valence-corrected chi connectivity index (χ4v) is 1.75. The molecule has 0 bridgehead atoms. The molecule has 0 unspecified atom stereocenters. The summed E-state index contributed by atoms with van der Waals surface area (Å²) in [5.74, 6) is 0. The van der Waals surface area contributed by atoms with E-state index in [-0.39, 0.29) is 16.1 Å². The Morgan fingerprint density at radius 2 is 2.20 bits per heavy atom. The van der Waals surface area contributed by atoms with Crippen LogP contribution in [0.25, 0.3) is 0 Å². The van der Waals surface area contributed by atoms with Gasteiger partial charge in [0, 0.05) is 17.2 Å². The first kappa shape index (κ1) is 10.1. The number of nitro groups is 1. The fraction of sp³-hybridized carbons (Fsp3) is 0.455. The van der Waals surface area contributed by atoms with Gasteiger partial charge in [-0.25, -0.2) is 0 Å². The molecule has 1 aliphatic rings. The molecule has 1 aromatic rings. The Labute approximate surface area is 88.2 Å². The van der Waals surface area contributed by atoms with E-state index in [0.29, 0.717) is 6.42 Å². The van der Waals surface area contributed by atoms with Crippen LogP contribution in [-0.2, 0) is 6.42 Å². The standard InChI is InChI=1S/C11H14N2O2/c1-8-2-3-10(13(14)15)9(6-8)7-11(12)4-5-11/h2-3,6H,4-5,7,12H2,1H3. The van der Waals surface area contributed by atoms with Crippen molar-refractivity contribution in [1.82, 2.24) is 0 Å². The van der Waals surface area contributed by atoms with Crippen molar-refractivity contribution in [1.29, 1.82) is 0 Å². The Morgan fingerprint density at radius 1 is 1.53 bits per heavy atom. The number of hydrogen-bond donors (Lipinski definition) is 1. The van der Waals surface area contributed by atoms with Crippen molar-refractivity contribution in [3.63, 3.8) is 0 Å². The summed E-state index contributed by atoms with van der Waals surface area (Å²) in [5, 5.41) is 10.8. The van der Waals surface area contributed by atoms with Crippen LogP contribution < -0.4 is 5.73 Å². The zero-order valence-electron chi connectivity index (χ0n) is 8.69. The molecule has 1 saturated carbocycles. The second-order valence-corrected chi connectivity index (χ2v) is 4.43. The SMILES string of the molecule is Cc1ccc([N+](=O)[O-])c(CC2(N)CC2)c1. The van der Waals surface area contributed by atoms with Crippen LogP contribution >= 0.6 is 0 Å². The molecule has 15 heavy (non-hydrogen) atoms. The quantitative estimate of drug-likeness (QED) is 0.607. The Bertz CT molecular complexity index is 411. The molecule has 0 spiro atoms. The highest BCUT2D eigenvalue weighted by Crippen LogP contribution is 2.37. The predicted octanol–water partition coefficient (Wildman–Crippen LogP) is 1.94. The summed E-state index contributed by atoms with van der Waals surface area (Å²) in [7, 11) is 0. The molecule has 4 heteroatoms. The van der Waals surface area contributed by atoms with Gasteiger partial charge in [-0.2, -0.15) is 0 Å². The first-order chi connectivity index (χ1) is 7.00. The van der Waals surface area contributed by atoms with E-state index in [1.54, 1.807) is 12.1 Å². The van der Waals surface area contributed by atoms with Crippen molar-refractivity contribution in [3.05, 3.63) is 39.4 Å². The highest BCUT2D eigenvalue weighted by molar-refractivity contribution is 5.44. The Kier molecular flexibility index (Phi) is 2.23. The first-order valence-electron chi connectivity index (χ1n) is 5.03. The molecule has 1 aliphatic carbocycles. The number of hydrogen-bond acceptors (Lipinski definition) is 3. The van der Waals surface area contributed by atoms with Crippen molar-refractivity contribution in [2.75, 3.05) is 0 Å². The molecule has 2 N–H and O–H groups in total. The first-order valence-corrected chi connectivity index (χ1v) is 5.03. The molecule has 0 aliphatic heterocycles. The Morgan fingerprint density at radius 3 is 2.73 bits per heavy atom. The molecular formula is C11H14N2O2. The van der Waals surface area contributed by atoms with E-state index in [9.17, 15) is 10.1 Å². The zero-order chi connectivity index (χ0) is 11.1. The van der Waals surface area contributed by atoms with Crippen LogP contribution in [0.1, 0.15) is 24.0 Å². The summed E-state index contributed by atoms with van der Waals surface area (Å²) in [6, 6.07) is 5.19. The largest absolute Gasteiger partial charge is 0.325 e. The second kappa shape index (κ2) is 3.31. The second-order valence-electron chi connectivity index (χ2n) is 4.43. The van der Waals surface area contributed by atoms with Crippen LogP contribution in [0, 0.1) is 17.0 Å². The van der Waals surface area contributed by atoms with Gasteiger partial charge in [-0.05, 0) is 32.3 Å². The lowest BCUT2D eigenvalue weighted by Crippen LogP contribution is -2.24. The monoisotopic (exact) mass is 206 g/mol. The van der Waals surface area contributed by atoms with Gasteiger partial charge in [-0.1, -0.05) is 11.6 Å². The van der Waals surface area contributed by atoms with Gasteiger partial charge in [0.1, 0.15) is 0 Å². The fourth-order valence-electron chi connectivity index (χ4n) is 1.75. The minimum atomic E-state index is -0.333. The van der Waals surface area contributed by atoms with Gasteiger partial charge < -0.3 is 5.73 Å². The van der Waals surface area contributed by atoms with E-state index in [1.807, 2.05) is 13.0 Å². The summed E-state index contributed by atoms with van der Waals surface area (Å²) >= 11 is 0. The number of aryl methyl sites for hydroxylation is 1. The summed E-state index contributed by atoms with van der Waals surface area (Å²) < 4.78 is 0. The number of nitro benzene ring substituents is 1. The molecule has 0 radical (unpaired) electrons. The van der Waals surface area contributed by atoms with Crippen LogP contribution in [0.3, 0.4) is 0 Å². The molecule has 80 valence electrons. The molecule has 2 rings (SSSR count). The van der Waals surface area contributed by atoms with E-state index in [0.717, 1.165) is 24.0 Å². The van der Waals surface area contributed by atoms with Crippen LogP contribution in [0.15, 0.2) is 18.2 Å². The third-order valence-corrected chi connectivity index (χ3v) is 2.87. The van der Waals surface area contributed by atoms with Crippen molar-refractivity contribution in [3.8, 4) is 0 Å². The molecule has 0 amide bonds. The maximum absolute atomic E-state index is 10.8. The summed E-state index contributed by atoms with van der Waals surface area (Å²) in [6.45, 7) is 1.93. The molecular weight excluding hydrogens is 192 g/mol. The Balaban J connectivity index is 2.34. The lowest BCUT2D eigenvalue weighted by Gasteiger charge is -2.09. The predicted molar refractivity (Wildman–Crippen MR) is 57.7 cm³/mol. The molecule has 0 saturated heterocycles.